The van der Waals surface area contributed by atoms with Crippen molar-refractivity contribution in [3.8, 4) is 6.07 Å². The van der Waals surface area contributed by atoms with Crippen LogP contribution in [0.2, 0.25) is 0 Å². The molecule has 2 rings (SSSR count). The maximum absolute atomic E-state index is 12.1. The Morgan fingerprint density at radius 2 is 1.93 bits per heavy atom. The predicted molar refractivity (Wildman–Crippen MR) is 53.9 cm³/mol. The van der Waals surface area contributed by atoms with E-state index in [0.29, 0.717) is 13.1 Å². The van der Waals surface area contributed by atoms with Crippen molar-refractivity contribution in [2.24, 2.45) is 5.41 Å². The molecule has 1 heterocycles. The summed E-state index contributed by atoms with van der Waals surface area (Å²) in [6.07, 6.45) is 1.60. The third kappa shape index (κ3) is 1.84. The molecule has 4 heteroatoms. The summed E-state index contributed by atoms with van der Waals surface area (Å²) in [5, 5.41) is 8.96. The maximum Gasteiger partial charge on any atom is 0.243 e. The summed E-state index contributed by atoms with van der Waals surface area (Å²) in [6.45, 7) is 5.16. The van der Waals surface area contributed by atoms with Crippen molar-refractivity contribution in [1.29, 1.82) is 5.26 Å². The lowest BCUT2D eigenvalue weighted by atomic mass is 10.1. The highest BCUT2D eigenvalue weighted by atomic mass is 16.5. The van der Waals surface area contributed by atoms with Crippen LogP contribution in [0, 0.1) is 16.7 Å². The third-order valence-electron chi connectivity index (χ3n) is 3.08. The molecule has 0 bridgehead atoms. The summed E-state index contributed by atoms with van der Waals surface area (Å²) in [6, 6.07) is 2.15. The first kappa shape index (κ1) is 10.4. The number of nitriles is 1. The van der Waals surface area contributed by atoms with Gasteiger partial charge in [-0.25, -0.2) is 0 Å². The van der Waals surface area contributed by atoms with Crippen LogP contribution in [0.3, 0.4) is 0 Å². The molecule has 0 spiro atoms. The normalized spacial score (nSPS) is 33.3. The van der Waals surface area contributed by atoms with Crippen molar-refractivity contribution in [3.05, 3.63) is 0 Å². The van der Waals surface area contributed by atoms with Crippen LogP contribution >= 0.6 is 0 Å². The molecule has 2 atom stereocenters. The predicted octanol–water partition coefficient (Wildman–Crippen LogP) is 0.926. The molecule has 15 heavy (non-hydrogen) atoms. The van der Waals surface area contributed by atoms with Crippen molar-refractivity contribution in [2.75, 3.05) is 13.1 Å². The van der Waals surface area contributed by atoms with Gasteiger partial charge in [-0.3, -0.25) is 4.79 Å². The quantitative estimate of drug-likeness (QED) is 0.644. The number of morpholine rings is 1. The molecular formula is C11H16N2O2. The van der Waals surface area contributed by atoms with Gasteiger partial charge in [-0.05, 0) is 26.7 Å². The third-order valence-corrected chi connectivity index (χ3v) is 3.08. The van der Waals surface area contributed by atoms with E-state index in [1.165, 1.54) is 0 Å². The van der Waals surface area contributed by atoms with Gasteiger partial charge in [0.15, 0.2) is 0 Å². The Balaban J connectivity index is 2.05. The highest BCUT2D eigenvalue weighted by Crippen LogP contribution is 2.46. The topological polar surface area (TPSA) is 53.3 Å². The molecule has 2 fully saturated rings. The Bertz CT molecular complexity index is 307. The van der Waals surface area contributed by atoms with Crippen LogP contribution in [0.5, 0.6) is 0 Å². The Hall–Kier alpha value is -1.08. The number of ether oxygens (including phenoxy) is 1. The van der Waals surface area contributed by atoms with Crippen LogP contribution in [-0.2, 0) is 9.53 Å². The molecule has 2 unspecified atom stereocenters. The second kappa shape index (κ2) is 3.49. The molecule has 4 nitrogen and oxygen atoms in total. The largest absolute Gasteiger partial charge is 0.372 e. The van der Waals surface area contributed by atoms with Gasteiger partial charge in [-0.1, -0.05) is 0 Å². The number of amides is 1. The van der Waals surface area contributed by atoms with Gasteiger partial charge in [0.1, 0.15) is 5.41 Å². The van der Waals surface area contributed by atoms with Gasteiger partial charge >= 0.3 is 0 Å². The fraction of sp³-hybridized carbons (Fsp3) is 0.818. The molecular weight excluding hydrogens is 192 g/mol. The zero-order valence-electron chi connectivity index (χ0n) is 9.19. The number of carbonyl (C=O) groups excluding carboxylic acids is 1. The van der Waals surface area contributed by atoms with E-state index >= 15 is 0 Å². The van der Waals surface area contributed by atoms with Crippen LogP contribution in [0.15, 0.2) is 0 Å². The van der Waals surface area contributed by atoms with Crippen molar-refractivity contribution in [3.63, 3.8) is 0 Å². The van der Waals surface area contributed by atoms with Crippen molar-refractivity contribution in [2.45, 2.75) is 38.9 Å². The Morgan fingerprint density at radius 1 is 1.40 bits per heavy atom. The number of rotatable bonds is 1. The monoisotopic (exact) mass is 208 g/mol. The summed E-state index contributed by atoms with van der Waals surface area (Å²) >= 11 is 0. The van der Waals surface area contributed by atoms with Gasteiger partial charge in [0.05, 0.1) is 18.3 Å². The van der Waals surface area contributed by atoms with E-state index in [9.17, 15) is 4.79 Å². The summed E-state index contributed by atoms with van der Waals surface area (Å²) in [4.78, 5) is 13.8. The Labute approximate surface area is 89.8 Å². The van der Waals surface area contributed by atoms with E-state index in [4.69, 9.17) is 10.00 Å². The minimum absolute atomic E-state index is 0.00648. The summed E-state index contributed by atoms with van der Waals surface area (Å²) in [5.41, 5.74) is -0.684. The number of carbonyl (C=O) groups is 1. The number of hydrogen-bond acceptors (Lipinski definition) is 3. The van der Waals surface area contributed by atoms with Gasteiger partial charge < -0.3 is 9.64 Å². The average molecular weight is 208 g/mol. The molecule has 1 saturated carbocycles. The van der Waals surface area contributed by atoms with E-state index in [0.717, 1.165) is 12.8 Å². The van der Waals surface area contributed by atoms with Crippen molar-refractivity contribution >= 4 is 5.91 Å². The molecule has 0 aromatic carbocycles. The lowest BCUT2D eigenvalue weighted by Crippen LogP contribution is -2.50. The zero-order chi connectivity index (χ0) is 11.1. The number of hydrogen-bond donors (Lipinski definition) is 0. The average Bonchev–Trinajstić information content (AvgIpc) is 2.95. The van der Waals surface area contributed by atoms with E-state index in [2.05, 4.69) is 6.07 Å². The van der Waals surface area contributed by atoms with Crippen LogP contribution < -0.4 is 0 Å². The Morgan fingerprint density at radius 3 is 2.33 bits per heavy atom. The molecule has 1 amide bonds. The fourth-order valence-corrected chi connectivity index (χ4v) is 2.14. The summed E-state index contributed by atoms with van der Waals surface area (Å²) in [7, 11) is 0. The van der Waals surface area contributed by atoms with Gasteiger partial charge in [0, 0.05) is 13.1 Å². The van der Waals surface area contributed by atoms with E-state index < -0.39 is 5.41 Å². The minimum Gasteiger partial charge on any atom is -0.372 e. The van der Waals surface area contributed by atoms with Crippen LogP contribution in [0.4, 0.5) is 0 Å². The van der Waals surface area contributed by atoms with E-state index in [1.807, 2.05) is 13.8 Å². The second-order valence-corrected chi connectivity index (χ2v) is 4.66. The Kier molecular flexibility index (Phi) is 2.43. The molecule has 1 aliphatic heterocycles. The summed E-state index contributed by atoms with van der Waals surface area (Å²) in [5.74, 6) is 0.00648. The molecule has 1 saturated heterocycles. The zero-order valence-corrected chi connectivity index (χ0v) is 9.19. The van der Waals surface area contributed by atoms with Crippen LogP contribution in [0.1, 0.15) is 26.7 Å². The molecule has 0 aromatic rings. The van der Waals surface area contributed by atoms with Crippen molar-refractivity contribution in [1.82, 2.24) is 4.90 Å². The van der Waals surface area contributed by atoms with E-state index in [-0.39, 0.29) is 18.1 Å². The van der Waals surface area contributed by atoms with Crippen LogP contribution in [-0.4, -0.2) is 36.1 Å². The van der Waals surface area contributed by atoms with Crippen LogP contribution in [0.25, 0.3) is 0 Å². The smallest absolute Gasteiger partial charge is 0.243 e. The molecule has 0 radical (unpaired) electrons. The molecule has 82 valence electrons. The molecule has 0 N–H and O–H groups in total. The first-order valence-electron chi connectivity index (χ1n) is 5.43. The maximum atomic E-state index is 12.1. The first-order valence-corrected chi connectivity index (χ1v) is 5.43. The highest BCUT2D eigenvalue weighted by molar-refractivity contribution is 5.88. The minimum atomic E-state index is -0.684. The van der Waals surface area contributed by atoms with Crippen molar-refractivity contribution < 1.29 is 9.53 Å². The van der Waals surface area contributed by atoms with Gasteiger partial charge in [0.25, 0.3) is 0 Å². The fourth-order valence-electron chi connectivity index (χ4n) is 2.14. The molecule has 2 aliphatic rings. The van der Waals surface area contributed by atoms with Gasteiger partial charge in [-0.2, -0.15) is 5.26 Å². The van der Waals surface area contributed by atoms with Gasteiger partial charge in [0.2, 0.25) is 5.91 Å². The van der Waals surface area contributed by atoms with E-state index in [1.54, 1.807) is 4.90 Å². The lowest BCUT2D eigenvalue weighted by molar-refractivity contribution is -0.146. The summed E-state index contributed by atoms with van der Waals surface area (Å²) < 4.78 is 5.56. The first-order chi connectivity index (χ1) is 7.07. The number of nitrogens with zero attached hydrogens (tertiary/aromatic N) is 2. The highest BCUT2D eigenvalue weighted by Gasteiger charge is 2.53. The standard InChI is InChI=1S/C11H16N2O2/c1-8-5-13(6-9(2)15-8)10(14)11(7-12)3-4-11/h8-9H,3-6H2,1-2H3. The second-order valence-electron chi connectivity index (χ2n) is 4.66. The molecule has 0 aromatic heterocycles. The SMILES string of the molecule is CC1CN(C(=O)C2(C#N)CC2)CC(C)O1. The lowest BCUT2D eigenvalue weighted by Gasteiger charge is -2.36. The van der Waals surface area contributed by atoms with Gasteiger partial charge in [-0.15, -0.1) is 0 Å². The molecule has 1 aliphatic carbocycles.